The summed E-state index contributed by atoms with van der Waals surface area (Å²) in [5.74, 6) is -0.952. The number of amides is 2. The van der Waals surface area contributed by atoms with Crippen LogP contribution in [0.3, 0.4) is 0 Å². The van der Waals surface area contributed by atoms with Gasteiger partial charge in [-0.25, -0.2) is 0 Å². The van der Waals surface area contributed by atoms with Crippen LogP contribution in [0.5, 0.6) is 0 Å². The predicted molar refractivity (Wildman–Crippen MR) is 136 cm³/mol. The highest BCUT2D eigenvalue weighted by Crippen LogP contribution is 2.34. The quantitative estimate of drug-likeness (QED) is 0.332. The first-order valence-electron chi connectivity index (χ1n) is 10.9. The van der Waals surface area contributed by atoms with Gasteiger partial charge in [0.15, 0.2) is 5.17 Å². The number of halogens is 3. The Morgan fingerprint density at radius 3 is 2.47 bits per heavy atom. The molecule has 10 heteroatoms. The maximum atomic E-state index is 13.2. The van der Waals surface area contributed by atoms with Crippen molar-refractivity contribution in [3.63, 3.8) is 0 Å². The summed E-state index contributed by atoms with van der Waals surface area (Å²) in [6.45, 7) is 1.98. The van der Waals surface area contributed by atoms with E-state index < -0.39 is 22.9 Å². The molecule has 1 atom stereocenters. The molecule has 3 aromatic rings. The first-order valence-corrected chi connectivity index (χ1v) is 11.8. The van der Waals surface area contributed by atoms with E-state index in [9.17, 15) is 22.8 Å². The first kappa shape index (κ1) is 25.2. The Morgan fingerprint density at radius 1 is 1.06 bits per heavy atom. The Hall–Kier alpha value is -3.92. The molecule has 1 N–H and O–H groups in total. The highest BCUT2D eigenvalue weighted by atomic mass is 32.2. The predicted octanol–water partition coefficient (Wildman–Crippen LogP) is 5.88. The standard InChI is InChI=1S/C26H21F3N4O2S/c1-17-10-12-18(13-11-17)16-30-32-25-33(21-8-3-2-4-9-21)24(35)22(36-25)15-23(34)31-20-7-5-6-19(14-20)26(27,28)29/h2-14,16,22H,15H2,1H3,(H,31,34). The van der Waals surface area contributed by atoms with Gasteiger partial charge in [0.05, 0.1) is 17.5 Å². The molecule has 1 fully saturated rings. The molecule has 1 saturated heterocycles. The topological polar surface area (TPSA) is 74.1 Å². The van der Waals surface area contributed by atoms with Gasteiger partial charge in [-0.05, 0) is 42.8 Å². The summed E-state index contributed by atoms with van der Waals surface area (Å²) in [7, 11) is 0. The lowest BCUT2D eigenvalue weighted by atomic mass is 10.2. The number of nitrogens with zero attached hydrogens (tertiary/aromatic N) is 3. The fourth-order valence-corrected chi connectivity index (χ4v) is 4.52. The summed E-state index contributed by atoms with van der Waals surface area (Å²) in [5, 5.41) is 10.3. The first-order chi connectivity index (χ1) is 17.2. The lowest BCUT2D eigenvalue weighted by molar-refractivity contribution is -0.137. The van der Waals surface area contributed by atoms with Gasteiger partial charge in [0, 0.05) is 12.1 Å². The van der Waals surface area contributed by atoms with Gasteiger partial charge in [0.25, 0.3) is 0 Å². The number of alkyl halides is 3. The molecular weight excluding hydrogens is 489 g/mol. The van der Waals surface area contributed by atoms with E-state index in [0.29, 0.717) is 10.9 Å². The molecule has 6 nitrogen and oxygen atoms in total. The number of nitrogens with one attached hydrogen (secondary N) is 1. The molecule has 184 valence electrons. The van der Waals surface area contributed by atoms with Gasteiger partial charge in [0.2, 0.25) is 11.8 Å². The second-order valence-electron chi connectivity index (χ2n) is 7.98. The van der Waals surface area contributed by atoms with Crippen LogP contribution in [0.4, 0.5) is 24.5 Å². The lowest BCUT2D eigenvalue weighted by Gasteiger charge is -2.15. The van der Waals surface area contributed by atoms with E-state index in [1.54, 1.807) is 30.5 Å². The number of rotatable bonds is 6. The van der Waals surface area contributed by atoms with E-state index in [2.05, 4.69) is 15.5 Å². The third kappa shape index (κ3) is 6.19. The SMILES string of the molecule is Cc1ccc(C=NN=C2SC(CC(=O)Nc3cccc(C(F)(F)F)c3)C(=O)N2c2ccccc2)cc1. The Bertz CT molecular complexity index is 1310. The van der Waals surface area contributed by atoms with E-state index in [-0.39, 0.29) is 18.0 Å². The number of hydrogen-bond acceptors (Lipinski definition) is 5. The van der Waals surface area contributed by atoms with E-state index >= 15 is 0 Å². The molecule has 0 radical (unpaired) electrons. The molecule has 0 aliphatic carbocycles. The summed E-state index contributed by atoms with van der Waals surface area (Å²) in [6.07, 6.45) is -3.21. The maximum absolute atomic E-state index is 13.2. The van der Waals surface area contributed by atoms with Crippen LogP contribution in [-0.4, -0.2) is 28.4 Å². The lowest BCUT2D eigenvalue weighted by Crippen LogP contribution is -2.33. The van der Waals surface area contributed by atoms with E-state index in [1.165, 1.54) is 17.0 Å². The molecule has 4 rings (SSSR count). The number of carbonyl (C=O) groups is 2. The summed E-state index contributed by atoms with van der Waals surface area (Å²) < 4.78 is 38.9. The number of aryl methyl sites for hydroxylation is 1. The molecular formula is C26H21F3N4O2S. The third-order valence-corrected chi connectivity index (χ3v) is 6.35. The average molecular weight is 511 g/mol. The van der Waals surface area contributed by atoms with Crippen molar-refractivity contribution in [3.05, 3.63) is 95.6 Å². The number of carbonyl (C=O) groups excluding carboxylic acids is 2. The molecule has 3 aromatic carbocycles. The smallest absolute Gasteiger partial charge is 0.326 e. The van der Waals surface area contributed by atoms with Gasteiger partial charge < -0.3 is 5.32 Å². The Morgan fingerprint density at radius 2 is 1.78 bits per heavy atom. The highest BCUT2D eigenvalue weighted by Gasteiger charge is 2.40. The zero-order chi connectivity index (χ0) is 25.7. The third-order valence-electron chi connectivity index (χ3n) is 5.22. The van der Waals surface area contributed by atoms with Crippen molar-refractivity contribution in [1.29, 1.82) is 0 Å². The van der Waals surface area contributed by atoms with Gasteiger partial charge in [-0.3, -0.25) is 14.5 Å². The number of benzene rings is 3. The summed E-state index contributed by atoms with van der Waals surface area (Å²) in [4.78, 5) is 27.2. The summed E-state index contributed by atoms with van der Waals surface area (Å²) in [5.41, 5.74) is 1.64. The highest BCUT2D eigenvalue weighted by molar-refractivity contribution is 8.16. The van der Waals surface area contributed by atoms with Crippen LogP contribution in [0.15, 0.2) is 89.1 Å². The van der Waals surface area contributed by atoms with Crippen molar-refractivity contribution in [2.24, 2.45) is 10.2 Å². The fourth-order valence-electron chi connectivity index (χ4n) is 3.43. The molecule has 1 aliphatic rings. The minimum absolute atomic E-state index is 0.00164. The van der Waals surface area contributed by atoms with Crippen LogP contribution in [0.25, 0.3) is 0 Å². The van der Waals surface area contributed by atoms with Crippen LogP contribution in [0, 0.1) is 6.92 Å². The van der Waals surface area contributed by atoms with E-state index in [1.807, 2.05) is 37.3 Å². The van der Waals surface area contributed by atoms with Crippen LogP contribution in [0.2, 0.25) is 0 Å². The van der Waals surface area contributed by atoms with Crippen molar-refractivity contribution in [1.82, 2.24) is 0 Å². The van der Waals surface area contributed by atoms with Crippen LogP contribution in [-0.2, 0) is 15.8 Å². The van der Waals surface area contributed by atoms with Crippen LogP contribution in [0.1, 0.15) is 23.1 Å². The molecule has 1 aliphatic heterocycles. The van der Waals surface area contributed by atoms with Gasteiger partial charge in [0.1, 0.15) is 5.25 Å². The second kappa shape index (κ2) is 10.8. The average Bonchev–Trinajstić information content (AvgIpc) is 3.15. The number of para-hydroxylation sites is 1. The van der Waals surface area contributed by atoms with Gasteiger partial charge >= 0.3 is 6.18 Å². The fraction of sp³-hybridized carbons (Fsp3) is 0.154. The van der Waals surface area contributed by atoms with Crippen molar-refractivity contribution >= 4 is 46.3 Å². The van der Waals surface area contributed by atoms with Crippen molar-refractivity contribution < 1.29 is 22.8 Å². The van der Waals surface area contributed by atoms with Crippen LogP contribution < -0.4 is 10.2 Å². The van der Waals surface area contributed by atoms with Crippen molar-refractivity contribution in [2.45, 2.75) is 24.8 Å². The van der Waals surface area contributed by atoms with E-state index in [4.69, 9.17) is 0 Å². The summed E-state index contributed by atoms with van der Waals surface area (Å²) >= 11 is 1.08. The Kier molecular flexibility index (Phi) is 7.54. The zero-order valence-electron chi connectivity index (χ0n) is 19.1. The van der Waals surface area contributed by atoms with Crippen LogP contribution >= 0.6 is 11.8 Å². The normalized spacial score (nSPS) is 17.2. The van der Waals surface area contributed by atoms with Crippen molar-refractivity contribution in [2.75, 3.05) is 10.2 Å². The number of thioether (sulfide) groups is 1. The van der Waals surface area contributed by atoms with Gasteiger partial charge in [-0.15, -0.1) is 5.10 Å². The minimum atomic E-state index is -4.53. The molecule has 36 heavy (non-hydrogen) atoms. The molecule has 0 aromatic heterocycles. The molecule has 2 amide bonds. The van der Waals surface area contributed by atoms with Crippen molar-refractivity contribution in [3.8, 4) is 0 Å². The maximum Gasteiger partial charge on any atom is 0.416 e. The Balaban J connectivity index is 1.51. The van der Waals surface area contributed by atoms with Gasteiger partial charge in [-0.2, -0.15) is 18.3 Å². The molecule has 0 bridgehead atoms. The summed E-state index contributed by atoms with van der Waals surface area (Å²) in [6, 6.07) is 20.8. The minimum Gasteiger partial charge on any atom is -0.326 e. The Labute approximate surface area is 209 Å². The zero-order valence-corrected chi connectivity index (χ0v) is 19.9. The second-order valence-corrected chi connectivity index (χ2v) is 9.15. The van der Waals surface area contributed by atoms with Gasteiger partial charge in [-0.1, -0.05) is 65.9 Å². The number of hydrogen-bond donors (Lipinski definition) is 1. The monoisotopic (exact) mass is 510 g/mol. The molecule has 0 spiro atoms. The molecule has 0 saturated carbocycles. The number of amidine groups is 1. The molecule has 1 unspecified atom stereocenters. The number of anilines is 2. The largest absolute Gasteiger partial charge is 0.416 e. The molecule has 1 heterocycles. The van der Waals surface area contributed by atoms with E-state index in [0.717, 1.165) is 35.0 Å².